The molecule has 1 fully saturated rings. The van der Waals surface area contributed by atoms with Gasteiger partial charge in [-0.1, -0.05) is 0 Å². The van der Waals surface area contributed by atoms with E-state index in [0.717, 1.165) is 25.8 Å². The number of hydrogen-bond donors (Lipinski definition) is 2. The molecule has 0 bridgehead atoms. The zero-order valence-corrected chi connectivity index (χ0v) is 12.3. The Hall–Kier alpha value is -0.960. The van der Waals surface area contributed by atoms with E-state index in [1.165, 1.54) is 4.31 Å². The summed E-state index contributed by atoms with van der Waals surface area (Å²) in [6.45, 7) is 2.28. The van der Waals surface area contributed by atoms with Crippen molar-refractivity contribution >= 4 is 10.2 Å². The Kier molecular flexibility index (Phi) is 5.53. The number of aliphatic hydroxyl groups is 1. The molecular formula is C12H22N4O3S. The highest BCUT2D eigenvalue weighted by Gasteiger charge is 2.26. The lowest BCUT2D eigenvalue weighted by Crippen LogP contribution is -2.45. The molecule has 0 unspecified atom stereocenters. The maximum atomic E-state index is 12.1. The molecule has 0 aliphatic carbocycles. The van der Waals surface area contributed by atoms with Crippen molar-refractivity contribution in [3.05, 3.63) is 18.7 Å². The lowest BCUT2D eigenvalue weighted by molar-refractivity contribution is 0.169. The number of aryl methyl sites for hydroxylation is 1. The van der Waals surface area contributed by atoms with Crippen LogP contribution in [0.2, 0.25) is 0 Å². The maximum Gasteiger partial charge on any atom is 0.279 e. The largest absolute Gasteiger partial charge is 0.396 e. The van der Waals surface area contributed by atoms with Gasteiger partial charge in [0.1, 0.15) is 0 Å². The first-order valence-electron chi connectivity index (χ1n) is 6.93. The van der Waals surface area contributed by atoms with Gasteiger partial charge in [-0.3, -0.25) is 0 Å². The summed E-state index contributed by atoms with van der Waals surface area (Å²) in [5.41, 5.74) is 0. The molecule has 0 aromatic carbocycles. The Morgan fingerprint density at radius 1 is 1.35 bits per heavy atom. The van der Waals surface area contributed by atoms with E-state index in [-0.39, 0.29) is 12.5 Å². The molecule has 1 aliphatic rings. The molecule has 0 radical (unpaired) electrons. The number of piperidine rings is 1. The van der Waals surface area contributed by atoms with Crippen LogP contribution in [0.3, 0.4) is 0 Å². The number of nitrogens with one attached hydrogen (secondary N) is 1. The van der Waals surface area contributed by atoms with E-state index in [0.29, 0.717) is 19.6 Å². The quantitative estimate of drug-likeness (QED) is 0.684. The van der Waals surface area contributed by atoms with Gasteiger partial charge in [0.15, 0.2) is 0 Å². The van der Waals surface area contributed by atoms with Crippen LogP contribution in [0, 0.1) is 5.92 Å². The minimum atomic E-state index is -3.38. The van der Waals surface area contributed by atoms with Crippen LogP contribution in [-0.4, -0.2) is 53.6 Å². The van der Waals surface area contributed by atoms with Gasteiger partial charge in [0, 0.05) is 45.2 Å². The summed E-state index contributed by atoms with van der Waals surface area (Å²) in [5, 5.41) is 9.05. The first kappa shape index (κ1) is 15.4. The Bertz CT molecular complexity index is 481. The van der Waals surface area contributed by atoms with Gasteiger partial charge in [-0.05, 0) is 25.2 Å². The molecule has 1 saturated heterocycles. The fourth-order valence-electron chi connectivity index (χ4n) is 2.31. The fourth-order valence-corrected chi connectivity index (χ4v) is 3.58. The molecule has 1 aromatic heterocycles. The van der Waals surface area contributed by atoms with Crippen molar-refractivity contribution in [2.45, 2.75) is 25.8 Å². The number of aromatic nitrogens is 2. The van der Waals surface area contributed by atoms with Gasteiger partial charge in [0.2, 0.25) is 0 Å². The summed E-state index contributed by atoms with van der Waals surface area (Å²) in [6.07, 6.45) is 7.46. The van der Waals surface area contributed by atoms with Gasteiger partial charge in [0.05, 0.1) is 6.33 Å². The van der Waals surface area contributed by atoms with Gasteiger partial charge in [-0.2, -0.15) is 12.7 Å². The molecule has 1 aromatic rings. The molecule has 114 valence electrons. The monoisotopic (exact) mass is 302 g/mol. The molecule has 7 nitrogen and oxygen atoms in total. The summed E-state index contributed by atoms with van der Waals surface area (Å²) < 4.78 is 30.2. The predicted molar refractivity (Wildman–Crippen MR) is 75.1 cm³/mol. The topological polar surface area (TPSA) is 87.5 Å². The number of imidazole rings is 1. The van der Waals surface area contributed by atoms with E-state index in [1.807, 2.05) is 10.8 Å². The SMILES string of the molecule is O=S(=O)(NCCCn1ccnc1)N1CCC(CO)CC1. The van der Waals surface area contributed by atoms with Gasteiger partial charge < -0.3 is 9.67 Å². The highest BCUT2D eigenvalue weighted by atomic mass is 32.2. The van der Waals surface area contributed by atoms with Gasteiger partial charge in [-0.15, -0.1) is 0 Å². The normalized spacial score (nSPS) is 18.4. The molecule has 0 amide bonds. The maximum absolute atomic E-state index is 12.1. The van der Waals surface area contributed by atoms with Gasteiger partial charge >= 0.3 is 0 Å². The van der Waals surface area contributed by atoms with Crippen LogP contribution in [0.15, 0.2) is 18.7 Å². The van der Waals surface area contributed by atoms with E-state index in [4.69, 9.17) is 5.11 Å². The molecule has 0 spiro atoms. The van der Waals surface area contributed by atoms with Crippen LogP contribution in [0.4, 0.5) is 0 Å². The van der Waals surface area contributed by atoms with Crippen LogP contribution >= 0.6 is 0 Å². The Labute approximate surface area is 119 Å². The highest BCUT2D eigenvalue weighted by Crippen LogP contribution is 2.18. The fraction of sp³-hybridized carbons (Fsp3) is 0.750. The van der Waals surface area contributed by atoms with E-state index in [1.54, 1.807) is 12.5 Å². The lowest BCUT2D eigenvalue weighted by Gasteiger charge is -2.30. The van der Waals surface area contributed by atoms with E-state index >= 15 is 0 Å². The Morgan fingerprint density at radius 2 is 2.10 bits per heavy atom. The second-order valence-corrected chi connectivity index (χ2v) is 6.83. The molecule has 2 heterocycles. The van der Waals surface area contributed by atoms with Crippen molar-refractivity contribution in [2.24, 2.45) is 5.92 Å². The molecule has 2 N–H and O–H groups in total. The van der Waals surface area contributed by atoms with Crippen LogP contribution in [0.1, 0.15) is 19.3 Å². The lowest BCUT2D eigenvalue weighted by atomic mass is 10.00. The number of aliphatic hydroxyl groups excluding tert-OH is 1. The van der Waals surface area contributed by atoms with Crippen LogP contribution in [-0.2, 0) is 16.8 Å². The Balaban J connectivity index is 1.71. The summed E-state index contributed by atoms with van der Waals surface area (Å²) in [7, 11) is -3.38. The predicted octanol–water partition coefficient (Wildman–Crippen LogP) is -0.188. The van der Waals surface area contributed by atoms with Crippen molar-refractivity contribution in [1.29, 1.82) is 0 Å². The second kappa shape index (κ2) is 7.16. The molecule has 1 aliphatic heterocycles. The van der Waals surface area contributed by atoms with Crippen molar-refractivity contribution in [2.75, 3.05) is 26.2 Å². The zero-order chi connectivity index (χ0) is 14.4. The van der Waals surface area contributed by atoms with Gasteiger partial charge in [0.25, 0.3) is 10.2 Å². The number of rotatable bonds is 7. The molecular weight excluding hydrogens is 280 g/mol. The zero-order valence-electron chi connectivity index (χ0n) is 11.5. The van der Waals surface area contributed by atoms with Crippen molar-refractivity contribution in [3.63, 3.8) is 0 Å². The third-order valence-electron chi connectivity index (χ3n) is 3.61. The second-order valence-electron chi connectivity index (χ2n) is 5.08. The number of hydrogen-bond acceptors (Lipinski definition) is 4. The molecule has 2 rings (SSSR count). The highest BCUT2D eigenvalue weighted by molar-refractivity contribution is 7.87. The van der Waals surface area contributed by atoms with Gasteiger partial charge in [-0.25, -0.2) is 9.71 Å². The summed E-state index contributed by atoms with van der Waals surface area (Å²) >= 11 is 0. The molecule has 0 saturated carbocycles. The van der Waals surface area contributed by atoms with Crippen LogP contribution < -0.4 is 4.72 Å². The molecule has 8 heteroatoms. The first-order valence-corrected chi connectivity index (χ1v) is 8.37. The summed E-state index contributed by atoms with van der Waals surface area (Å²) in [4.78, 5) is 3.93. The third kappa shape index (κ3) is 4.27. The standard InChI is InChI=1S/C12H22N4O3S/c17-10-12-2-7-16(8-3-12)20(18,19)14-4-1-6-15-9-5-13-11-15/h5,9,11-12,14,17H,1-4,6-8,10H2. The van der Waals surface area contributed by atoms with E-state index < -0.39 is 10.2 Å². The molecule has 0 atom stereocenters. The van der Waals surface area contributed by atoms with E-state index in [2.05, 4.69) is 9.71 Å². The van der Waals surface area contributed by atoms with E-state index in [9.17, 15) is 8.42 Å². The third-order valence-corrected chi connectivity index (χ3v) is 5.22. The average Bonchev–Trinajstić information content (AvgIpc) is 2.97. The summed E-state index contributed by atoms with van der Waals surface area (Å²) in [5.74, 6) is 0.239. The minimum Gasteiger partial charge on any atom is -0.396 e. The Morgan fingerprint density at radius 3 is 2.70 bits per heavy atom. The number of nitrogens with zero attached hydrogens (tertiary/aromatic N) is 3. The van der Waals surface area contributed by atoms with Crippen LogP contribution in [0.25, 0.3) is 0 Å². The van der Waals surface area contributed by atoms with Crippen LogP contribution in [0.5, 0.6) is 0 Å². The van der Waals surface area contributed by atoms with Crippen molar-refractivity contribution in [3.8, 4) is 0 Å². The van der Waals surface area contributed by atoms with Crippen molar-refractivity contribution in [1.82, 2.24) is 18.6 Å². The average molecular weight is 302 g/mol. The van der Waals surface area contributed by atoms with Crippen molar-refractivity contribution < 1.29 is 13.5 Å². The first-order chi connectivity index (χ1) is 9.62. The smallest absolute Gasteiger partial charge is 0.279 e. The molecule has 20 heavy (non-hydrogen) atoms. The summed E-state index contributed by atoms with van der Waals surface area (Å²) in [6, 6.07) is 0. The minimum absolute atomic E-state index is 0.145.